The van der Waals surface area contributed by atoms with Crippen molar-refractivity contribution in [3.63, 3.8) is 0 Å². The molecule has 0 spiro atoms. The third kappa shape index (κ3) is 5.18. The molecule has 0 atom stereocenters. The number of benzene rings is 1. The first-order chi connectivity index (χ1) is 15.1. The van der Waals surface area contributed by atoms with Crippen LogP contribution in [0, 0.1) is 6.92 Å². The Kier molecular flexibility index (Phi) is 6.42. The minimum Gasteiger partial charge on any atom is -0.378 e. The van der Waals surface area contributed by atoms with Gasteiger partial charge in [-0.2, -0.15) is 10.1 Å². The molecule has 1 amide bonds. The first kappa shape index (κ1) is 20.8. The molecule has 3 heterocycles. The molecule has 1 saturated heterocycles. The fourth-order valence-corrected chi connectivity index (χ4v) is 3.46. The second kappa shape index (κ2) is 9.57. The van der Waals surface area contributed by atoms with Crippen LogP contribution in [0.5, 0.6) is 0 Å². The highest BCUT2D eigenvalue weighted by molar-refractivity contribution is 5.93. The Morgan fingerprint density at radius 2 is 1.87 bits per heavy atom. The van der Waals surface area contributed by atoms with E-state index in [0.717, 1.165) is 35.9 Å². The van der Waals surface area contributed by atoms with Crippen LogP contribution in [0.4, 0.5) is 11.8 Å². The molecule has 4 rings (SSSR count). The molecule has 2 N–H and O–H groups in total. The largest absolute Gasteiger partial charge is 0.378 e. The maximum atomic E-state index is 12.6. The van der Waals surface area contributed by atoms with Crippen LogP contribution in [0.3, 0.4) is 0 Å². The molecule has 1 aliphatic rings. The number of amides is 1. The van der Waals surface area contributed by atoms with E-state index in [1.165, 1.54) is 0 Å². The van der Waals surface area contributed by atoms with E-state index in [1.54, 1.807) is 17.8 Å². The van der Waals surface area contributed by atoms with E-state index in [2.05, 4.69) is 30.6 Å². The van der Waals surface area contributed by atoms with Crippen LogP contribution in [0.1, 0.15) is 16.2 Å². The fourth-order valence-electron chi connectivity index (χ4n) is 3.46. The van der Waals surface area contributed by atoms with E-state index in [1.807, 2.05) is 43.3 Å². The Balaban J connectivity index is 1.31. The van der Waals surface area contributed by atoms with Gasteiger partial charge in [0.25, 0.3) is 5.91 Å². The Labute approximate surface area is 181 Å². The summed E-state index contributed by atoms with van der Waals surface area (Å²) in [6, 6.07) is 13.6. The molecular weight excluding hydrogens is 394 g/mol. The zero-order valence-electron chi connectivity index (χ0n) is 17.8. The van der Waals surface area contributed by atoms with Crippen molar-refractivity contribution in [2.24, 2.45) is 7.05 Å². The molecule has 9 heteroatoms. The Bertz CT molecular complexity index is 1030. The van der Waals surface area contributed by atoms with E-state index in [4.69, 9.17) is 4.74 Å². The zero-order valence-corrected chi connectivity index (χ0v) is 17.8. The summed E-state index contributed by atoms with van der Waals surface area (Å²) >= 11 is 0. The molecule has 1 aromatic carbocycles. The van der Waals surface area contributed by atoms with Crippen LogP contribution in [-0.2, 0) is 11.8 Å². The first-order valence-corrected chi connectivity index (χ1v) is 10.4. The van der Waals surface area contributed by atoms with Crippen molar-refractivity contribution in [2.75, 3.05) is 49.6 Å². The van der Waals surface area contributed by atoms with Crippen molar-refractivity contribution >= 4 is 17.7 Å². The van der Waals surface area contributed by atoms with Crippen LogP contribution in [0.15, 0.2) is 42.5 Å². The van der Waals surface area contributed by atoms with Gasteiger partial charge in [-0.05, 0) is 13.0 Å². The van der Waals surface area contributed by atoms with Crippen molar-refractivity contribution in [2.45, 2.75) is 6.92 Å². The molecule has 2 aromatic heterocycles. The van der Waals surface area contributed by atoms with E-state index in [-0.39, 0.29) is 5.91 Å². The lowest BCUT2D eigenvalue weighted by Crippen LogP contribution is -2.37. The smallest absolute Gasteiger partial charge is 0.269 e. The van der Waals surface area contributed by atoms with Gasteiger partial charge < -0.3 is 20.3 Å². The number of aryl methyl sites for hydroxylation is 2. The van der Waals surface area contributed by atoms with Crippen LogP contribution in [-0.4, -0.2) is 65.0 Å². The molecule has 1 aliphatic heterocycles. The summed E-state index contributed by atoms with van der Waals surface area (Å²) in [5.41, 5.74) is 3.16. The van der Waals surface area contributed by atoms with E-state index in [0.29, 0.717) is 37.9 Å². The lowest BCUT2D eigenvalue weighted by Gasteiger charge is -2.28. The average molecular weight is 422 g/mol. The molecule has 0 bridgehead atoms. The number of hydrogen-bond acceptors (Lipinski definition) is 7. The molecule has 0 unspecified atom stereocenters. The Morgan fingerprint density at radius 1 is 1.10 bits per heavy atom. The van der Waals surface area contributed by atoms with Crippen LogP contribution in [0.25, 0.3) is 11.3 Å². The number of hydrogen-bond donors (Lipinski definition) is 2. The first-order valence-electron chi connectivity index (χ1n) is 10.4. The topological polar surface area (TPSA) is 97.2 Å². The summed E-state index contributed by atoms with van der Waals surface area (Å²) in [6.45, 7) is 5.96. The molecule has 0 radical (unpaired) electrons. The van der Waals surface area contributed by atoms with Gasteiger partial charge in [-0.25, -0.2) is 4.98 Å². The standard InChI is InChI=1S/C22H27N7O2/c1-16-14-20(29-10-12-31-13-11-29)26-22(25-16)24-9-8-23-21(30)19-15-18(27-28(19)2)17-6-4-3-5-7-17/h3-7,14-15H,8-13H2,1-2H3,(H,23,30)(H,24,25,26). The predicted molar refractivity (Wildman–Crippen MR) is 119 cm³/mol. The van der Waals surface area contributed by atoms with Gasteiger partial charge in [0.2, 0.25) is 5.95 Å². The number of morpholine rings is 1. The molecule has 3 aromatic rings. The SMILES string of the molecule is Cc1cc(N2CCOCC2)nc(NCCNC(=O)c2cc(-c3ccccc3)nn2C)n1. The number of nitrogens with one attached hydrogen (secondary N) is 2. The van der Waals surface area contributed by atoms with Gasteiger partial charge in [0.15, 0.2) is 0 Å². The highest BCUT2D eigenvalue weighted by Gasteiger charge is 2.15. The van der Waals surface area contributed by atoms with Gasteiger partial charge in [0.1, 0.15) is 11.5 Å². The average Bonchev–Trinajstić information content (AvgIpc) is 3.19. The second-order valence-electron chi connectivity index (χ2n) is 7.38. The van der Waals surface area contributed by atoms with Gasteiger partial charge in [0.05, 0.1) is 18.9 Å². The molecular formula is C22H27N7O2. The highest BCUT2D eigenvalue weighted by atomic mass is 16.5. The lowest BCUT2D eigenvalue weighted by molar-refractivity contribution is 0.0945. The zero-order chi connectivity index (χ0) is 21.6. The van der Waals surface area contributed by atoms with E-state index in [9.17, 15) is 4.79 Å². The molecule has 9 nitrogen and oxygen atoms in total. The maximum absolute atomic E-state index is 12.6. The summed E-state index contributed by atoms with van der Waals surface area (Å²) in [7, 11) is 1.77. The quantitative estimate of drug-likeness (QED) is 0.562. The highest BCUT2D eigenvalue weighted by Crippen LogP contribution is 2.18. The normalized spacial score (nSPS) is 13.8. The Morgan fingerprint density at radius 3 is 2.65 bits per heavy atom. The monoisotopic (exact) mass is 421 g/mol. The number of aromatic nitrogens is 4. The number of ether oxygens (including phenoxy) is 1. The van der Waals surface area contributed by atoms with Crippen molar-refractivity contribution in [3.05, 3.63) is 53.9 Å². The molecule has 0 saturated carbocycles. The maximum Gasteiger partial charge on any atom is 0.269 e. The molecule has 0 aliphatic carbocycles. The number of carbonyl (C=O) groups is 1. The lowest BCUT2D eigenvalue weighted by atomic mass is 10.1. The third-order valence-corrected chi connectivity index (χ3v) is 5.05. The third-order valence-electron chi connectivity index (χ3n) is 5.05. The predicted octanol–water partition coefficient (Wildman–Crippen LogP) is 1.86. The van der Waals surface area contributed by atoms with Gasteiger partial charge in [-0.15, -0.1) is 0 Å². The fraction of sp³-hybridized carbons (Fsp3) is 0.364. The number of anilines is 2. The summed E-state index contributed by atoms with van der Waals surface area (Å²) in [4.78, 5) is 23.8. The summed E-state index contributed by atoms with van der Waals surface area (Å²) in [5, 5.41) is 10.6. The van der Waals surface area contributed by atoms with Gasteiger partial charge in [0, 0.05) is 50.6 Å². The van der Waals surface area contributed by atoms with Gasteiger partial charge in [-0.1, -0.05) is 30.3 Å². The summed E-state index contributed by atoms with van der Waals surface area (Å²) in [5.74, 6) is 1.28. The second-order valence-corrected chi connectivity index (χ2v) is 7.38. The van der Waals surface area contributed by atoms with Crippen LogP contribution >= 0.6 is 0 Å². The molecule has 1 fully saturated rings. The van der Waals surface area contributed by atoms with Crippen molar-refractivity contribution in [3.8, 4) is 11.3 Å². The van der Waals surface area contributed by atoms with Gasteiger partial charge >= 0.3 is 0 Å². The van der Waals surface area contributed by atoms with Crippen molar-refractivity contribution < 1.29 is 9.53 Å². The molecule has 162 valence electrons. The minimum atomic E-state index is -0.168. The van der Waals surface area contributed by atoms with Crippen LogP contribution in [0.2, 0.25) is 0 Å². The van der Waals surface area contributed by atoms with Crippen LogP contribution < -0.4 is 15.5 Å². The van der Waals surface area contributed by atoms with Crippen molar-refractivity contribution in [1.29, 1.82) is 0 Å². The number of carbonyl (C=O) groups excluding carboxylic acids is 1. The minimum absolute atomic E-state index is 0.168. The van der Waals surface area contributed by atoms with Crippen molar-refractivity contribution in [1.82, 2.24) is 25.1 Å². The summed E-state index contributed by atoms with van der Waals surface area (Å²) < 4.78 is 7.01. The van der Waals surface area contributed by atoms with Gasteiger partial charge in [-0.3, -0.25) is 9.48 Å². The number of nitrogens with zero attached hydrogens (tertiary/aromatic N) is 5. The molecule has 31 heavy (non-hydrogen) atoms. The summed E-state index contributed by atoms with van der Waals surface area (Å²) in [6.07, 6.45) is 0. The van der Waals surface area contributed by atoms with E-state index < -0.39 is 0 Å². The Hall–Kier alpha value is -3.46. The number of rotatable bonds is 7. The van der Waals surface area contributed by atoms with E-state index >= 15 is 0 Å².